The smallest absolute Gasteiger partial charge is 0.272 e. The van der Waals surface area contributed by atoms with Gasteiger partial charge in [-0.05, 0) is 36.3 Å². The second kappa shape index (κ2) is 5.49. The van der Waals surface area contributed by atoms with Gasteiger partial charge in [0, 0.05) is 13.1 Å². The lowest BCUT2D eigenvalue weighted by Crippen LogP contribution is -2.41. The van der Waals surface area contributed by atoms with Crippen LogP contribution in [0.3, 0.4) is 0 Å². The first-order valence-electron chi connectivity index (χ1n) is 6.80. The first-order chi connectivity index (χ1) is 8.88. The van der Waals surface area contributed by atoms with Crippen LogP contribution in [0.5, 0.6) is 0 Å². The Morgan fingerprint density at radius 3 is 2.47 bits per heavy atom. The Balaban J connectivity index is 2.00. The third-order valence-corrected chi connectivity index (χ3v) is 4.15. The van der Waals surface area contributed by atoms with E-state index in [1.807, 2.05) is 4.90 Å². The summed E-state index contributed by atoms with van der Waals surface area (Å²) in [6.07, 6.45) is 2.13. The second-order valence-corrected chi connectivity index (χ2v) is 6.67. The van der Waals surface area contributed by atoms with Gasteiger partial charge in [-0.1, -0.05) is 38.4 Å². The van der Waals surface area contributed by atoms with Crippen molar-refractivity contribution in [2.45, 2.75) is 33.6 Å². The first kappa shape index (κ1) is 14.3. The van der Waals surface area contributed by atoms with Crippen LogP contribution in [0, 0.1) is 11.3 Å². The van der Waals surface area contributed by atoms with E-state index in [2.05, 4.69) is 25.8 Å². The van der Waals surface area contributed by atoms with Gasteiger partial charge in [0.05, 0.1) is 0 Å². The van der Waals surface area contributed by atoms with Gasteiger partial charge in [-0.25, -0.2) is 4.98 Å². The van der Waals surface area contributed by atoms with Crippen molar-refractivity contribution >= 4 is 17.5 Å². The molecule has 1 aliphatic heterocycles. The minimum absolute atomic E-state index is 0.00476. The average molecular weight is 281 g/mol. The van der Waals surface area contributed by atoms with E-state index in [0.29, 0.717) is 22.2 Å². The molecule has 4 heteroatoms. The summed E-state index contributed by atoms with van der Waals surface area (Å²) in [5, 5.41) is 0.371. The van der Waals surface area contributed by atoms with Gasteiger partial charge in [0.2, 0.25) is 0 Å². The summed E-state index contributed by atoms with van der Waals surface area (Å²) in [6, 6.07) is 5.18. The zero-order valence-corrected chi connectivity index (χ0v) is 12.6. The van der Waals surface area contributed by atoms with E-state index in [0.717, 1.165) is 25.9 Å². The molecule has 1 aliphatic rings. The minimum Gasteiger partial charge on any atom is -0.337 e. The summed E-state index contributed by atoms with van der Waals surface area (Å²) in [5.74, 6) is 0.679. The summed E-state index contributed by atoms with van der Waals surface area (Å²) in [6.45, 7) is 8.44. The van der Waals surface area contributed by atoms with Crippen molar-refractivity contribution in [1.29, 1.82) is 0 Å². The van der Waals surface area contributed by atoms with Gasteiger partial charge in [0.15, 0.2) is 0 Å². The lowest BCUT2D eigenvalue weighted by Gasteiger charge is -2.38. The van der Waals surface area contributed by atoms with E-state index in [-0.39, 0.29) is 5.91 Å². The van der Waals surface area contributed by atoms with Crippen LogP contribution in [-0.2, 0) is 0 Å². The molecule has 2 heterocycles. The maximum Gasteiger partial charge on any atom is 0.272 e. The quantitative estimate of drug-likeness (QED) is 0.736. The Kier molecular flexibility index (Phi) is 4.14. The number of rotatable bonds is 1. The molecule has 1 saturated heterocycles. The molecular weight excluding hydrogens is 260 g/mol. The summed E-state index contributed by atoms with van der Waals surface area (Å²) in [4.78, 5) is 18.3. The van der Waals surface area contributed by atoms with E-state index < -0.39 is 0 Å². The SMILES string of the molecule is CC(C)(C)C1CCN(C(=O)c2cccc(Cl)n2)CC1. The lowest BCUT2D eigenvalue weighted by molar-refractivity contribution is 0.0603. The zero-order valence-electron chi connectivity index (χ0n) is 11.8. The van der Waals surface area contributed by atoms with Crippen molar-refractivity contribution in [3.63, 3.8) is 0 Å². The molecular formula is C15H21ClN2O. The van der Waals surface area contributed by atoms with E-state index in [1.54, 1.807) is 18.2 Å². The number of pyridine rings is 1. The Labute approximate surface area is 120 Å². The van der Waals surface area contributed by atoms with Crippen LogP contribution in [0.2, 0.25) is 5.15 Å². The van der Waals surface area contributed by atoms with Gasteiger partial charge in [0.1, 0.15) is 10.8 Å². The minimum atomic E-state index is -0.00476. The molecule has 1 aromatic heterocycles. The molecule has 0 N–H and O–H groups in total. The van der Waals surface area contributed by atoms with Gasteiger partial charge < -0.3 is 4.90 Å². The molecule has 0 saturated carbocycles. The van der Waals surface area contributed by atoms with E-state index in [4.69, 9.17) is 11.6 Å². The van der Waals surface area contributed by atoms with Crippen molar-refractivity contribution in [2.24, 2.45) is 11.3 Å². The first-order valence-corrected chi connectivity index (χ1v) is 7.17. The Morgan fingerprint density at radius 1 is 1.32 bits per heavy atom. The normalized spacial score (nSPS) is 17.6. The van der Waals surface area contributed by atoms with Gasteiger partial charge in [0.25, 0.3) is 5.91 Å². The average Bonchev–Trinajstić information content (AvgIpc) is 2.37. The van der Waals surface area contributed by atoms with Gasteiger partial charge in [-0.2, -0.15) is 0 Å². The van der Waals surface area contributed by atoms with Crippen molar-refractivity contribution < 1.29 is 4.79 Å². The molecule has 0 aromatic carbocycles. The maximum atomic E-state index is 12.3. The summed E-state index contributed by atoms with van der Waals surface area (Å²) < 4.78 is 0. The van der Waals surface area contributed by atoms with Crippen LogP contribution in [0.4, 0.5) is 0 Å². The summed E-state index contributed by atoms with van der Waals surface area (Å²) >= 11 is 5.83. The van der Waals surface area contributed by atoms with Crippen molar-refractivity contribution in [3.8, 4) is 0 Å². The summed E-state index contributed by atoms with van der Waals surface area (Å²) in [5.41, 5.74) is 0.769. The van der Waals surface area contributed by atoms with Crippen LogP contribution in [0.25, 0.3) is 0 Å². The molecule has 1 aromatic rings. The van der Waals surface area contributed by atoms with E-state index in [9.17, 15) is 4.79 Å². The molecule has 0 radical (unpaired) electrons. The fourth-order valence-corrected chi connectivity index (χ4v) is 2.80. The number of carbonyl (C=O) groups excluding carboxylic acids is 1. The molecule has 2 rings (SSSR count). The number of hydrogen-bond acceptors (Lipinski definition) is 2. The largest absolute Gasteiger partial charge is 0.337 e. The highest BCUT2D eigenvalue weighted by Gasteiger charge is 2.30. The number of carbonyl (C=O) groups is 1. The summed E-state index contributed by atoms with van der Waals surface area (Å²) in [7, 11) is 0. The number of nitrogens with zero attached hydrogens (tertiary/aromatic N) is 2. The maximum absolute atomic E-state index is 12.3. The molecule has 0 atom stereocenters. The molecule has 0 unspecified atom stereocenters. The fourth-order valence-electron chi connectivity index (χ4n) is 2.64. The van der Waals surface area contributed by atoms with E-state index in [1.165, 1.54) is 0 Å². The number of piperidine rings is 1. The Hall–Kier alpha value is -1.09. The number of aromatic nitrogens is 1. The third kappa shape index (κ3) is 3.47. The molecule has 1 amide bonds. The highest BCUT2D eigenvalue weighted by molar-refractivity contribution is 6.29. The molecule has 19 heavy (non-hydrogen) atoms. The topological polar surface area (TPSA) is 33.2 Å². The van der Waals surface area contributed by atoms with Crippen LogP contribution >= 0.6 is 11.6 Å². The number of hydrogen-bond donors (Lipinski definition) is 0. The molecule has 0 aliphatic carbocycles. The lowest BCUT2D eigenvalue weighted by atomic mass is 9.75. The van der Waals surface area contributed by atoms with Crippen LogP contribution in [-0.4, -0.2) is 28.9 Å². The zero-order chi connectivity index (χ0) is 14.0. The molecule has 1 fully saturated rings. The highest BCUT2D eigenvalue weighted by atomic mass is 35.5. The number of halogens is 1. The predicted octanol–water partition coefficient (Wildman–Crippen LogP) is 3.63. The second-order valence-electron chi connectivity index (χ2n) is 6.28. The monoisotopic (exact) mass is 280 g/mol. The van der Waals surface area contributed by atoms with Gasteiger partial charge >= 0.3 is 0 Å². The Morgan fingerprint density at radius 2 is 1.95 bits per heavy atom. The van der Waals surface area contributed by atoms with Gasteiger partial charge in [-0.3, -0.25) is 4.79 Å². The fraction of sp³-hybridized carbons (Fsp3) is 0.600. The standard InChI is InChI=1S/C15H21ClN2O/c1-15(2,3)11-7-9-18(10-8-11)14(19)12-5-4-6-13(16)17-12/h4-6,11H,7-10H2,1-3H3. The number of amides is 1. The Bertz CT molecular complexity index is 459. The van der Waals surface area contributed by atoms with Gasteiger partial charge in [-0.15, -0.1) is 0 Å². The predicted molar refractivity (Wildman–Crippen MR) is 77.3 cm³/mol. The van der Waals surface area contributed by atoms with Crippen LogP contribution < -0.4 is 0 Å². The van der Waals surface area contributed by atoms with Crippen LogP contribution in [0.1, 0.15) is 44.1 Å². The van der Waals surface area contributed by atoms with Crippen molar-refractivity contribution in [2.75, 3.05) is 13.1 Å². The third-order valence-electron chi connectivity index (χ3n) is 3.94. The molecule has 0 spiro atoms. The highest BCUT2D eigenvalue weighted by Crippen LogP contribution is 2.34. The van der Waals surface area contributed by atoms with E-state index >= 15 is 0 Å². The van der Waals surface area contributed by atoms with Crippen LogP contribution in [0.15, 0.2) is 18.2 Å². The number of likely N-dealkylation sites (tertiary alicyclic amines) is 1. The van der Waals surface area contributed by atoms with Crippen molar-refractivity contribution in [1.82, 2.24) is 9.88 Å². The van der Waals surface area contributed by atoms with Crippen molar-refractivity contribution in [3.05, 3.63) is 29.0 Å². The molecule has 0 bridgehead atoms. The molecule has 104 valence electrons. The molecule has 3 nitrogen and oxygen atoms in total.